The van der Waals surface area contributed by atoms with Crippen molar-refractivity contribution in [3.63, 3.8) is 0 Å². The monoisotopic (exact) mass is 569 g/mol. The van der Waals surface area contributed by atoms with E-state index in [1.165, 1.54) is 12.1 Å². The first kappa shape index (κ1) is 29.0. The summed E-state index contributed by atoms with van der Waals surface area (Å²) in [5.41, 5.74) is 0.115. The fourth-order valence-corrected chi connectivity index (χ4v) is 5.29. The van der Waals surface area contributed by atoms with Crippen molar-refractivity contribution in [2.45, 2.75) is 75.9 Å². The number of aryl methyl sites for hydroxylation is 1. The zero-order chi connectivity index (χ0) is 28.5. The molecule has 2 aliphatic heterocycles. The molecule has 4 rings (SSSR count). The van der Waals surface area contributed by atoms with Crippen LogP contribution in [0.2, 0.25) is 0 Å². The van der Waals surface area contributed by atoms with E-state index in [2.05, 4.69) is 10.3 Å². The predicted molar refractivity (Wildman–Crippen MR) is 130 cm³/mol. The molecule has 0 radical (unpaired) electrons. The molecule has 2 aromatic rings. The number of esters is 2. The van der Waals surface area contributed by atoms with Crippen LogP contribution in [0.1, 0.15) is 60.3 Å². The number of aliphatic hydroxyl groups is 1. The van der Waals surface area contributed by atoms with Gasteiger partial charge in [-0.2, -0.15) is 8.42 Å². The number of hydrogen-bond donors (Lipinski definition) is 1. The molecule has 0 unspecified atom stereocenters. The lowest BCUT2D eigenvalue weighted by Gasteiger charge is -2.28. The van der Waals surface area contributed by atoms with Gasteiger partial charge < -0.3 is 28.8 Å². The van der Waals surface area contributed by atoms with Gasteiger partial charge in [0.05, 0.1) is 24.7 Å². The number of nitrogens with zero attached hydrogens (tertiary/aromatic N) is 3. The summed E-state index contributed by atoms with van der Waals surface area (Å²) >= 11 is 0. The third-order valence-electron chi connectivity index (χ3n) is 6.05. The number of fused-ring (bicyclic) bond motifs is 1. The van der Waals surface area contributed by atoms with E-state index in [0.717, 1.165) is 10.2 Å². The first-order valence-electron chi connectivity index (χ1n) is 12.3. The van der Waals surface area contributed by atoms with E-state index in [9.17, 15) is 23.1 Å². The smallest absolute Gasteiger partial charge is 0.361 e. The summed E-state index contributed by atoms with van der Waals surface area (Å²) in [5, 5.41) is 18.9. The second-order valence-electron chi connectivity index (χ2n) is 9.35. The number of hydrogen-bond acceptors (Lipinski definition) is 13. The van der Waals surface area contributed by atoms with Crippen molar-refractivity contribution in [3.05, 3.63) is 41.2 Å². The van der Waals surface area contributed by atoms with Gasteiger partial charge in [0.15, 0.2) is 17.8 Å². The number of carbonyl (C=O) groups is 2. The molecule has 0 bridgehead atoms. The van der Waals surface area contributed by atoms with Gasteiger partial charge in [0.1, 0.15) is 24.4 Å². The number of aromatic nitrogens is 3. The highest BCUT2D eigenvalue weighted by atomic mass is 32.2. The highest BCUT2D eigenvalue weighted by molar-refractivity contribution is 7.86. The SMILES string of the molecule is CCOC(=O)c1nnn([C@@H]2[C@H]3OC(C)(C)O[C@H]3O[C@@H]2[C@H](O)COS(=O)(=O)c2ccc(C)cc2)c1C(=O)OCC. The quantitative estimate of drug-likeness (QED) is 0.319. The van der Waals surface area contributed by atoms with Gasteiger partial charge in [0.2, 0.25) is 5.69 Å². The summed E-state index contributed by atoms with van der Waals surface area (Å²) in [6.07, 6.45) is -4.78. The maximum absolute atomic E-state index is 12.9. The highest BCUT2D eigenvalue weighted by Crippen LogP contribution is 2.44. The van der Waals surface area contributed by atoms with Crippen LogP contribution < -0.4 is 0 Å². The lowest BCUT2D eigenvalue weighted by molar-refractivity contribution is -0.220. The van der Waals surface area contributed by atoms with E-state index in [1.54, 1.807) is 39.8 Å². The molecule has 5 atom stereocenters. The Kier molecular flexibility index (Phi) is 8.39. The molecule has 1 N–H and O–H groups in total. The summed E-state index contributed by atoms with van der Waals surface area (Å²) in [6, 6.07) is 4.90. The fourth-order valence-electron chi connectivity index (χ4n) is 4.37. The van der Waals surface area contributed by atoms with Gasteiger partial charge in [-0.15, -0.1) is 5.10 Å². The average Bonchev–Trinajstić information content (AvgIpc) is 3.53. The van der Waals surface area contributed by atoms with Crippen molar-refractivity contribution in [1.29, 1.82) is 0 Å². The van der Waals surface area contributed by atoms with E-state index in [4.69, 9.17) is 27.9 Å². The Hall–Kier alpha value is -2.95. The molecular formula is C24H31N3O11S. The van der Waals surface area contributed by atoms with Crippen LogP contribution in [0.25, 0.3) is 0 Å². The van der Waals surface area contributed by atoms with Crippen molar-refractivity contribution in [2.75, 3.05) is 19.8 Å². The van der Waals surface area contributed by atoms with Crippen molar-refractivity contribution >= 4 is 22.1 Å². The molecule has 214 valence electrons. The molecule has 14 nitrogen and oxygen atoms in total. The van der Waals surface area contributed by atoms with E-state index < -0.39 is 70.8 Å². The molecule has 2 aliphatic rings. The second kappa shape index (κ2) is 11.3. The lowest BCUT2D eigenvalue weighted by atomic mass is 10.0. The molecule has 15 heteroatoms. The maximum Gasteiger partial charge on any atom is 0.361 e. The van der Waals surface area contributed by atoms with E-state index in [-0.39, 0.29) is 23.8 Å². The Bertz CT molecular complexity index is 1310. The first-order chi connectivity index (χ1) is 18.4. The number of aliphatic hydroxyl groups excluding tert-OH is 1. The Morgan fingerprint density at radius 1 is 1.10 bits per heavy atom. The number of ether oxygens (including phenoxy) is 5. The Morgan fingerprint density at radius 2 is 1.74 bits per heavy atom. The highest BCUT2D eigenvalue weighted by Gasteiger charge is 2.58. The topological polar surface area (TPSA) is 175 Å². The van der Waals surface area contributed by atoms with Gasteiger partial charge in [-0.1, -0.05) is 22.9 Å². The maximum atomic E-state index is 12.9. The molecule has 0 amide bonds. The van der Waals surface area contributed by atoms with E-state index >= 15 is 0 Å². The van der Waals surface area contributed by atoms with Gasteiger partial charge in [-0.05, 0) is 46.8 Å². The molecule has 1 aromatic heterocycles. The van der Waals surface area contributed by atoms with E-state index in [1.807, 2.05) is 6.92 Å². The first-order valence-corrected chi connectivity index (χ1v) is 13.7. The summed E-state index contributed by atoms with van der Waals surface area (Å²) in [7, 11) is -4.21. The second-order valence-corrected chi connectivity index (χ2v) is 11.0. The molecule has 39 heavy (non-hydrogen) atoms. The van der Waals surface area contributed by atoms with Crippen molar-refractivity contribution < 1.29 is 51.0 Å². The minimum Gasteiger partial charge on any atom is -0.461 e. The molecule has 0 aliphatic carbocycles. The number of benzene rings is 1. The van der Waals surface area contributed by atoms with Crippen molar-refractivity contribution in [3.8, 4) is 0 Å². The minimum atomic E-state index is -4.21. The van der Waals surface area contributed by atoms with Gasteiger partial charge in [0, 0.05) is 0 Å². The van der Waals surface area contributed by atoms with Gasteiger partial charge in [0.25, 0.3) is 10.1 Å². The average molecular weight is 570 g/mol. The Labute approximate surface area is 225 Å². The zero-order valence-corrected chi connectivity index (χ0v) is 22.9. The van der Waals surface area contributed by atoms with E-state index in [0.29, 0.717) is 0 Å². The molecule has 0 spiro atoms. The van der Waals surface area contributed by atoms with Crippen LogP contribution in [0.15, 0.2) is 29.2 Å². The summed E-state index contributed by atoms with van der Waals surface area (Å²) < 4.78 is 59.4. The van der Waals surface area contributed by atoms with Crippen LogP contribution in [-0.2, 0) is 38.0 Å². The number of rotatable bonds is 10. The van der Waals surface area contributed by atoms with Crippen LogP contribution in [0.3, 0.4) is 0 Å². The van der Waals surface area contributed by atoms with Crippen LogP contribution in [0.4, 0.5) is 0 Å². The Balaban J connectivity index is 1.67. The molecule has 2 fully saturated rings. The predicted octanol–water partition coefficient (Wildman–Crippen LogP) is 1.12. The normalized spacial score (nSPS) is 24.8. The minimum absolute atomic E-state index is 0.0110. The van der Waals surface area contributed by atoms with Crippen LogP contribution in [-0.4, -0.2) is 90.7 Å². The van der Waals surface area contributed by atoms with Gasteiger partial charge in [-0.25, -0.2) is 14.3 Å². The van der Waals surface area contributed by atoms with Crippen LogP contribution in [0, 0.1) is 6.92 Å². The summed E-state index contributed by atoms with van der Waals surface area (Å²) in [6.45, 7) is 7.58. The Morgan fingerprint density at radius 3 is 2.38 bits per heavy atom. The standard InChI is InChI=1S/C24H31N3O11S/c1-6-33-21(29)16-17(22(30)34-7-2)27(26-25-16)18-19(36-23-20(18)37-24(4,5)38-23)15(28)12-35-39(31,32)14-10-8-13(3)9-11-14/h8-11,15,18-20,23,28H,6-7,12H2,1-5H3/t15-,18+,19-,20-,23-/m1/s1. The molecule has 3 heterocycles. The van der Waals surface area contributed by atoms with Crippen molar-refractivity contribution in [1.82, 2.24) is 15.0 Å². The molecule has 1 aromatic carbocycles. The summed E-state index contributed by atoms with van der Waals surface area (Å²) in [4.78, 5) is 25.4. The number of carbonyl (C=O) groups excluding carboxylic acids is 2. The largest absolute Gasteiger partial charge is 0.461 e. The third kappa shape index (κ3) is 5.97. The van der Waals surface area contributed by atoms with Crippen LogP contribution >= 0.6 is 0 Å². The molecule has 0 saturated carbocycles. The lowest BCUT2D eigenvalue weighted by Crippen LogP contribution is -2.42. The molecular weight excluding hydrogens is 538 g/mol. The van der Waals surface area contributed by atoms with Gasteiger partial charge in [-0.3, -0.25) is 4.18 Å². The van der Waals surface area contributed by atoms with Crippen LogP contribution in [0.5, 0.6) is 0 Å². The summed E-state index contributed by atoms with van der Waals surface area (Å²) in [5.74, 6) is -2.92. The van der Waals surface area contributed by atoms with Crippen molar-refractivity contribution in [2.24, 2.45) is 0 Å². The van der Waals surface area contributed by atoms with Gasteiger partial charge >= 0.3 is 11.9 Å². The molecule has 2 saturated heterocycles. The zero-order valence-electron chi connectivity index (χ0n) is 22.1. The fraction of sp³-hybridized carbons (Fsp3) is 0.583. The third-order valence-corrected chi connectivity index (χ3v) is 7.35.